The van der Waals surface area contributed by atoms with Gasteiger partial charge >= 0.3 is 0 Å². The van der Waals surface area contributed by atoms with Gasteiger partial charge in [-0.15, -0.1) is 0 Å². The third-order valence-corrected chi connectivity index (χ3v) is 5.05. The second kappa shape index (κ2) is 7.93. The maximum Gasteiger partial charge on any atom is 0.271 e. The summed E-state index contributed by atoms with van der Waals surface area (Å²) in [5, 5.41) is 15.1. The molecule has 1 N–H and O–H groups in total. The summed E-state index contributed by atoms with van der Waals surface area (Å²) in [7, 11) is 0. The maximum atomic E-state index is 13.2. The van der Waals surface area contributed by atoms with E-state index in [-0.39, 0.29) is 11.6 Å². The predicted octanol–water partition coefficient (Wildman–Crippen LogP) is 6.02. The summed E-state index contributed by atoms with van der Waals surface area (Å²) in [6, 6.07) is 20.5. The van der Waals surface area contributed by atoms with E-state index in [0.29, 0.717) is 38.4 Å². The standard InChI is InChI=1S/C23H16ClN3O3/c1-14-21(23(28)25-17-5-4-6-18(13-17)27(29)30)19-7-2-3-8-20(19)26-22(14)15-9-11-16(24)12-10-15/h2-13H,1H3,(H,25,28). The normalized spacial score (nSPS) is 10.7. The Bertz CT molecular complexity index is 1290. The van der Waals surface area contributed by atoms with Gasteiger partial charge < -0.3 is 5.32 Å². The van der Waals surface area contributed by atoms with Crippen molar-refractivity contribution < 1.29 is 9.72 Å². The van der Waals surface area contributed by atoms with Crippen LogP contribution in [0.5, 0.6) is 0 Å². The lowest BCUT2D eigenvalue weighted by atomic mass is 9.97. The largest absolute Gasteiger partial charge is 0.322 e. The van der Waals surface area contributed by atoms with Crippen LogP contribution in [0, 0.1) is 17.0 Å². The van der Waals surface area contributed by atoms with Gasteiger partial charge in [0.1, 0.15) is 0 Å². The number of halogens is 1. The quantitative estimate of drug-likeness (QED) is 0.324. The van der Waals surface area contributed by atoms with Crippen LogP contribution in [0.25, 0.3) is 22.2 Å². The molecule has 0 aliphatic rings. The minimum atomic E-state index is -0.499. The lowest BCUT2D eigenvalue weighted by Crippen LogP contribution is -2.15. The lowest BCUT2D eigenvalue weighted by molar-refractivity contribution is -0.384. The Hall–Kier alpha value is -3.77. The molecule has 0 saturated carbocycles. The van der Waals surface area contributed by atoms with Crippen LogP contribution < -0.4 is 5.32 Å². The van der Waals surface area contributed by atoms with Crippen LogP contribution in [0.15, 0.2) is 72.8 Å². The fraction of sp³-hybridized carbons (Fsp3) is 0.0435. The Morgan fingerprint density at radius 3 is 2.50 bits per heavy atom. The van der Waals surface area contributed by atoms with Gasteiger partial charge in [-0.05, 0) is 36.8 Å². The molecule has 0 atom stereocenters. The van der Waals surface area contributed by atoms with Crippen molar-refractivity contribution in [3.63, 3.8) is 0 Å². The van der Waals surface area contributed by atoms with E-state index in [1.54, 1.807) is 18.2 Å². The molecular weight excluding hydrogens is 402 g/mol. The highest BCUT2D eigenvalue weighted by Crippen LogP contribution is 2.31. The number of fused-ring (bicyclic) bond motifs is 1. The maximum absolute atomic E-state index is 13.2. The monoisotopic (exact) mass is 417 g/mol. The zero-order valence-electron chi connectivity index (χ0n) is 15.9. The number of pyridine rings is 1. The molecule has 7 heteroatoms. The topological polar surface area (TPSA) is 85.1 Å². The number of benzene rings is 3. The number of para-hydroxylation sites is 1. The second-order valence-electron chi connectivity index (χ2n) is 6.75. The molecule has 6 nitrogen and oxygen atoms in total. The summed E-state index contributed by atoms with van der Waals surface area (Å²) < 4.78 is 0. The minimum absolute atomic E-state index is 0.0917. The number of nitrogens with zero attached hydrogens (tertiary/aromatic N) is 2. The van der Waals surface area contributed by atoms with Crippen molar-refractivity contribution in [2.75, 3.05) is 5.32 Å². The molecule has 1 amide bonds. The van der Waals surface area contributed by atoms with E-state index in [1.165, 1.54) is 18.2 Å². The van der Waals surface area contributed by atoms with Gasteiger partial charge in [-0.3, -0.25) is 14.9 Å². The highest BCUT2D eigenvalue weighted by molar-refractivity contribution is 6.30. The summed E-state index contributed by atoms with van der Waals surface area (Å²) in [5.41, 5.74) is 3.63. The molecule has 1 heterocycles. The molecule has 0 aliphatic carbocycles. The highest BCUT2D eigenvalue weighted by Gasteiger charge is 2.19. The number of hydrogen-bond donors (Lipinski definition) is 1. The van der Waals surface area contributed by atoms with Gasteiger partial charge in [0.15, 0.2) is 0 Å². The van der Waals surface area contributed by atoms with Crippen molar-refractivity contribution in [2.45, 2.75) is 6.92 Å². The van der Waals surface area contributed by atoms with Crippen molar-refractivity contribution in [2.24, 2.45) is 0 Å². The molecule has 148 valence electrons. The minimum Gasteiger partial charge on any atom is -0.322 e. The second-order valence-corrected chi connectivity index (χ2v) is 7.18. The Morgan fingerprint density at radius 2 is 1.77 bits per heavy atom. The predicted molar refractivity (Wildman–Crippen MR) is 118 cm³/mol. The summed E-state index contributed by atoms with van der Waals surface area (Å²) >= 11 is 6.01. The van der Waals surface area contributed by atoms with E-state index in [1.807, 2.05) is 43.3 Å². The zero-order chi connectivity index (χ0) is 21.3. The number of nitro groups is 1. The highest BCUT2D eigenvalue weighted by atomic mass is 35.5. The van der Waals surface area contributed by atoms with E-state index in [4.69, 9.17) is 16.6 Å². The SMILES string of the molecule is Cc1c(-c2ccc(Cl)cc2)nc2ccccc2c1C(=O)Nc1cccc([N+](=O)[O-])c1. The number of hydrogen-bond acceptors (Lipinski definition) is 4. The number of amides is 1. The molecule has 4 rings (SSSR count). The summed E-state index contributed by atoms with van der Waals surface area (Å²) in [6.45, 7) is 1.84. The Labute approximate surface area is 177 Å². The number of nitrogens with one attached hydrogen (secondary N) is 1. The fourth-order valence-electron chi connectivity index (χ4n) is 3.38. The van der Waals surface area contributed by atoms with E-state index in [0.717, 1.165) is 5.56 Å². The van der Waals surface area contributed by atoms with Gasteiger partial charge in [0.25, 0.3) is 11.6 Å². The molecule has 3 aromatic carbocycles. The van der Waals surface area contributed by atoms with E-state index in [9.17, 15) is 14.9 Å². The van der Waals surface area contributed by atoms with Crippen LogP contribution in [0.3, 0.4) is 0 Å². The Kier molecular flexibility index (Phi) is 5.16. The molecule has 4 aromatic rings. The number of carbonyl (C=O) groups excluding carboxylic acids is 1. The Balaban J connectivity index is 1.84. The molecule has 0 radical (unpaired) electrons. The summed E-state index contributed by atoms with van der Waals surface area (Å²) in [6.07, 6.45) is 0. The molecule has 0 fully saturated rings. The molecule has 0 unspecified atom stereocenters. The van der Waals surface area contributed by atoms with Crippen LogP contribution in [0.4, 0.5) is 11.4 Å². The van der Waals surface area contributed by atoms with E-state index >= 15 is 0 Å². The average Bonchev–Trinajstić information content (AvgIpc) is 2.74. The zero-order valence-corrected chi connectivity index (χ0v) is 16.7. The van der Waals surface area contributed by atoms with Crippen LogP contribution >= 0.6 is 11.6 Å². The van der Waals surface area contributed by atoms with Crippen molar-refractivity contribution in [3.05, 3.63) is 99.1 Å². The van der Waals surface area contributed by atoms with Crippen LogP contribution in [-0.2, 0) is 0 Å². The van der Waals surface area contributed by atoms with Gasteiger partial charge in [0.2, 0.25) is 0 Å². The van der Waals surface area contributed by atoms with Gasteiger partial charge in [-0.2, -0.15) is 0 Å². The summed E-state index contributed by atoms with van der Waals surface area (Å²) in [5.74, 6) is -0.359. The molecule has 0 aliphatic heterocycles. The Morgan fingerprint density at radius 1 is 1.03 bits per heavy atom. The van der Waals surface area contributed by atoms with Gasteiger partial charge in [-0.25, -0.2) is 4.98 Å². The van der Waals surface area contributed by atoms with Crippen molar-refractivity contribution in [1.82, 2.24) is 4.98 Å². The van der Waals surface area contributed by atoms with Crippen LogP contribution in [0.2, 0.25) is 5.02 Å². The number of carbonyl (C=O) groups is 1. The third kappa shape index (κ3) is 3.73. The van der Waals surface area contributed by atoms with Crippen LogP contribution in [0.1, 0.15) is 15.9 Å². The van der Waals surface area contributed by atoms with Crippen molar-refractivity contribution >= 4 is 39.8 Å². The molecule has 0 saturated heterocycles. The van der Waals surface area contributed by atoms with Gasteiger partial charge in [-0.1, -0.05) is 48.0 Å². The van der Waals surface area contributed by atoms with E-state index in [2.05, 4.69) is 5.32 Å². The molecule has 0 bridgehead atoms. The first-order chi connectivity index (χ1) is 14.4. The van der Waals surface area contributed by atoms with Crippen molar-refractivity contribution in [3.8, 4) is 11.3 Å². The summed E-state index contributed by atoms with van der Waals surface area (Å²) in [4.78, 5) is 28.5. The van der Waals surface area contributed by atoms with E-state index < -0.39 is 4.92 Å². The van der Waals surface area contributed by atoms with Crippen molar-refractivity contribution in [1.29, 1.82) is 0 Å². The number of anilines is 1. The first-order valence-corrected chi connectivity index (χ1v) is 9.53. The first-order valence-electron chi connectivity index (χ1n) is 9.15. The smallest absolute Gasteiger partial charge is 0.271 e. The van der Waals surface area contributed by atoms with Gasteiger partial charge in [0.05, 0.1) is 21.7 Å². The molecule has 1 aromatic heterocycles. The van der Waals surface area contributed by atoms with Gasteiger partial charge in [0, 0.05) is 33.8 Å². The number of rotatable bonds is 4. The average molecular weight is 418 g/mol. The molecule has 30 heavy (non-hydrogen) atoms. The molecule has 0 spiro atoms. The number of non-ortho nitro benzene ring substituents is 1. The van der Waals surface area contributed by atoms with Crippen LogP contribution in [-0.4, -0.2) is 15.8 Å². The first kappa shape index (κ1) is 19.5. The fourth-order valence-corrected chi connectivity index (χ4v) is 3.51. The lowest BCUT2D eigenvalue weighted by Gasteiger charge is -2.15. The number of aromatic nitrogens is 1. The number of nitro benzene ring substituents is 1. The molecular formula is C23H16ClN3O3. The third-order valence-electron chi connectivity index (χ3n) is 4.80.